The van der Waals surface area contributed by atoms with Crippen LogP contribution in [0.15, 0.2) is 47.4 Å². The standard InChI is InChI=1S/C12H11FIN3O2S/c13-10-2-1-3-11(12(10)14)17-20(18,19)9-6-4-8(16-15)5-7-9/h1-7,16-17H,15H2. The lowest BCUT2D eigenvalue weighted by Gasteiger charge is -2.10. The third-order valence-corrected chi connectivity index (χ3v) is 5.00. The Kier molecular flexibility index (Phi) is 4.45. The molecule has 0 heterocycles. The van der Waals surface area contributed by atoms with Crippen molar-refractivity contribution in [3.05, 3.63) is 51.9 Å². The molecule has 0 unspecified atom stereocenters. The summed E-state index contributed by atoms with van der Waals surface area (Å²) in [6.45, 7) is 0. The molecule has 5 nitrogen and oxygen atoms in total. The summed E-state index contributed by atoms with van der Waals surface area (Å²) in [5.41, 5.74) is 3.19. The first-order valence-corrected chi connectivity index (χ1v) is 8.04. The highest BCUT2D eigenvalue weighted by Gasteiger charge is 2.16. The van der Waals surface area contributed by atoms with Gasteiger partial charge in [0.2, 0.25) is 0 Å². The molecule has 0 atom stereocenters. The van der Waals surface area contributed by atoms with Crippen LogP contribution in [0.1, 0.15) is 0 Å². The molecule has 20 heavy (non-hydrogen) atoms. The monoisotopic (exact) mass is 407 g/mol. The van der Waals surface area contributed by atoms with Gasteiger partial charge < -0.3 is 5.43 Å². The van der Waals surface area contributed by atoms with E-state index >= 15 is 0 Å². The number of anilines is 2. The fourth-order valence-corrected chi connectivity index (χ4v) is 3.27. The van der Waals surface area contributed by atoms with Gasteiger partial charge >= 0.3 is 0 Å². The molecule has 0 amide bonds. The van der Waals surface area contributed by atoms with Gasteiger partial charge in [-0.25, -0.2) is 12.8 Å². The van der Waals surface area contributed by atoms with Crippen LogP contribution in [0, 0.1) is 9.39 Å². The molecule has 0 saturated heterocycles. The van der Waals surface area contributed by atoms with Crippen LogP contribution in [0.25, 0.3) is 0 Å². The largest absolute Gasteiger partial charge is 0.324 e. The van der Waals surface area contributed by atoms with Crippen molar-refractivity contribution >= 4 is 44.0 Å². The molecule has 0 aliphatic rings. The molecule has 4 N–H and O–H groups in total. The third-order valence-electron chi connectivity index (χ3n) is 2.53. The normalized spacial score (nSPS) is 11.2. The summed E-state index contributed by atoms with van der Waals surface area (Å²) in [4.78, 5) is 0.0663. The first-order valence-electron chi connectivity index (χ1n) is 5.47. The van der Waals surface area contributed by atoms with Gasteiger partial charge in [-0.2, -0.15) is 0 Å². The number of sulfonamides is 1. The van der Waals surface area contributed by atoms with E-state index in [0.717, 1.165) is 0 Å². The number of nitrogens with two attached hydrogens (primary N) is 1. The molecule has 106 valence electrons. The predicted octanol–water partition coefficient (Wildman–Crippen LogP) is 2.52. The maximum atomic E-state index is 13.4. The van der Waals surface area contributed by atoms with Gasteiger partial charge in [-0.05, 0) is 59.0 Å². The molecule has 2 rings (SSSR count). The molecule has 0 saturated carbocycles. The minimum atomic E-state index is -3.77. The third kappa shape index (κ3) is 3.19. The fourth-order valence-electron chi connectivity index (χ4n) is 1.52. The van der Waals surface area contributed by atoms with Gasteiger partial charge in [0.05, 0.1) is 14.2 Å². The minimum Gasteiger partial charge on any atom is -0.324 e. The number of hydrazine groups is 1. The van der Waals surface area contributed by atoms with E-state index in [0.29, 0.717) is 5.69 Å². The summed E-state index contributed by atoms with van der Waals surface area (Å²) < 4.78 is 40.3. The van der Waals surface area contributed by atoms with Crippen molar-refractivity contribution in [1.82, 2.24) is 0 Å². The SMILES string of the molecule is NNc1ccc(S(=O)(=O)Nc2cccc(F)c2I)cc1. The molecule has 0 spiro atoms. The van der Waals surface area contributed by atoms with Crippen molar-refractivity contribution in [3.63, 3.8) is 0 Å². The van der Waals surface area contributed by atoms with Crippen molar-refractivity contribution in [2.75, 3.05) is 10.1 Å². The Balaban J connectivity index is 2.33. The molecule has 0 aromatic heterocycles. The second-order valence-corrected chi connectivity index (χ2v) is 6.64. The van der Waals surface area contributed by atoms with E-state index < -0.39 is 15.8 Å². The molecule has 0 aliphatic carbocycles. The summed E-state index contributed by atoms with van der Waals surface area (Å²) in [7, 11) is -3.77. The smallest absolute Gasteiger partial charge is 0.261 e. The Morgan fingerprint density at radius 2 is 1.75 bits per heavy atom. The lowest BCUT2D eigenvalue weighted by molar-refractivity contribution is 0.601. The van der Waals surface area contributed by atoms with Crippen molar-refractivity contribution in [3.8, 4) is 0 Å². The van der Waals surface area contributed by atoms with Crippen LogP contribution < -0.4 is 16.0 Å². The lowest BCUT2D eigenvalue weighted by atomic mass is 10.3. The Morgan fingerprint density at radius 1 is 1.10 bits per heavy atom. The molecule has 0 bridgehead atoms. The van der Waals surface area contributed by atoms with Crippen LogP contribution in [-0.2, 0) is 10.0 Å². The number of benzene rings is 2. The van der Waals surface area contributed by atoms with Crippen molar-refractivity contribution in [1.29, 1.82) is 0 Å². The zero-order valence-electron chi connectivity index (χ0n) is 10.1. The average molecular weight is 407 g/mol. The van der Waals surface area contributed by atoms with E-state index in [1.165, 1.54) is 42.5 Å². The van der Waals surface area contributed by atoms with Crippen molar-refractivity contribution in [2.24, 2.45) is 5.84 Å². The molecule has 0 aliphatic heterocycles. The van der Waals surface area contributed by atoms with Crippen molar-refractivity contribution in [2.45, 2.75) is 4.90 Å². The maximum absolute atomic E-state index is 13.4. The molecule has 2 aromatic rings. The second-order valence-electron chi connectivity index (χ2n) is 3.88. The average Bonchev–Trinajstić information content (AvgIpc) is 2.44. The number of halogens is 2. The van der Waals surface area contributed by atoms with Gasteiger partial charge in [0.25, 0.3) is 10.0 Å². The van der Waals surface area contributed by atoms with E-state index in [1.807, 2.05) is 0 Å². The van der Waals surface area contributed by atoms with Gasteiger partial charge in [0.1, 0.15) is 5.82 Å². The minimum absolute atomic E-state index is 0.0663. The Labute approximate surface area is 129 Å². The highest BCUT2D eigenvalue weighted by molar-refractivity contribution is 14.1. The van der Waals surface area contributed by atoms with E-state index in [-0.39, 0.29) is 14.2 Å². The summed E-state index contributed by atoms with van der Waals surface area (Å²) in [5.74, 6) is 4.73. The van der Waals surface area contributed by atoms with Crippen LogP contribution in [0.4, 0.5) is 15.8 Å². The summed E-state index contributed by atoms with van der Waals surface area (Å²) in [6, 6.07) is 10.1. The summed E-state index contributed by atoms with van der Waals surface area (Å²) in [5, 5.41) is 0. The topological polar surface area (TPSA) is 84.2 Å². The van der Waals surface area contributed by atoms with Crippen LogP contribution >= 0.6 is 22.6 Å². The van der Waals surface area contributed by atoms with E-state index in [1.54, 1.807) is 22.6 Å². The van der Waals surface area contributed by atoms with Gasteiger partial charge in [-0.15, -0.1) is 0 Å². The summed E-state index contributed by atoms with van der Waals surface area (Å²) >= 11 is 1.75. The Morgan fingerprint density at radius 3 is 2.35 bits per heavy atom. The second kappa shape index (κ2) is 5.94. The molecule has 0 radical (unpaired) electrons. The van der Waals surface area contributed by atoms with E-state index in [9.17, 15) is 12.8 Å². The van der Waals surface area contributed by atoms with Crippen molar-refractivity contribution < 1.29 is 12.8 Å². The van der Waals surface area contributed by atoms with Gasteiger partial charge in [-0.1, -0.05) is 6.07 Å². The predicted molar refractivity (Wildman–Crippen MR) is 84.2 cm³/mol. The molecule has 0 fully saturated rings. The Hall–Kier alpha value is -1.39. The highest BCUT2D eigenvalue weighted by atomic mass is 127. The highest BCUT2D eigenvalue weighted by Crippen LogP contribution is 2.24. The van der Waals surface area contributed by atoms with Gasteiger partial charge in [0, 0.05) is 5.69 Å². The fraction of sp³-hybridized carbons (Fsp3) is 0. The zero-order chi connectivity index (χ0) is 14.8. The first kappa shape index (κ1) is 15.0. The molecule has 8 heteroatoms. The number of nitrogen functional groups attached to an aromatic ring is 1. The maximum Gasteiger partial charge on any atom is 0.261 e. The molecular weight excluding hydrogens is 396 g/mol. The number of hydrogen-bond acceptors (Lipinski definition) is 4. The first-order chi connectivity index (χ1) is 9.44. The Bertz CT molecular complexity index is 720. The van der Waals surface area contributed by atoms with Crippen LogP contribution in [0.3, 0.4) is 0 Å². The number of rotatable bonds is 4. The lowest BCUT2D eigenvalue weighted by Crippen LogP contribution is -2.14. The van der Waals surface area contributed by atoms with E-state index in [2.05, 4.69) is 10.1 Å². The van der Waals surface area contributed by atoms with Gasteiger partial charge in [-0.3, -0.25) is 10.6 Å². The zero-order valence-corrected chi connectivity index (χ0v) is 13.1. The quantitative estimate of drug-likeness (QED) is 0.413. The van der Waals surface area contributed by atoms with Gasteiger partial charge in [0.15, 0.2) is 0 Å². The number of hydrogen-bond donors (Lipinski definition) is 3. The van der Waals surface area contributed by atoms with Crippen LogP contribution in [0.5, 0.6) is 0 Å². The number of nitrogens with one attached hydrogen (secondary N) is 2. The van der Waals surface area contributed by atoms with E-state index in [4.69, 9.17) is 5.84 Å². The molecule has 2 aromatic carbocycles. The van der Waals surface area contributed by atoms with Crippen LogP contribution in [-0.4, -0.2) is 8.42 Å². The summed E-state index contributed by atoms with van der Waals surface area (Å²) in [6.07, 6.45) is 0. The van der Waals surface area contributed by atoms with Crippen LogP contribution in [0.2, 0.25) is 0 Å². The molecular formula is C12H11FIN3O2S.